The quantitative estimate of drug-likeness (QED) is 0.0202. The number of nitrogens with zero attached hydrogens (tertiary/aromatic N) is 4. The van der Waals surface area contributed by atoms with Gasteiger partial charge in [0.25, 0.3) is 27.8 Å². The Morgan fingerprint density at radius 2 is 1.12 bits per heavy atom. The number of aryl methyl sites for hydroxylation is 1. The second-order valence-corrected chi connectivity index (χ2v) is 19.1. The molecule has 0 unspecified atom stereocenters. The van der Waals surface area contributed by atoms with E-state index in [0.717, 1.165) is 24.3 Å². The van der Waals surface area contributed by atoms with Crippen LogP contribution in [0.25, 0.3) is 0 Å². The Balaban J connectivity index is 1.13. The maximum atomic E-state index is 14.4. The van der Waals surface area contributed by atoms with Gasteiger partial charge in [-0.15, -0.1) is 0 Å². The zero-order valence-corrected chi connectivity index (χ0v) is 39.9. The first-order chi connectivity index (χ1) is 34.4. The van der Waals surface area contributed by atoms with Crippen molar-refractivity contribution in [3.05, 3.63) is 172 Å². The predicted octanol–water partition coefficient (Wildman–Crippen LogP) is 6.10. The Labute approximate surface area is 416 Å². The van der Waals surface area contributed by atoms with Crippen LogP contribution in [0.4, 0.5) is 49.1 Å². The van der Waals surface area contributed by atoms with Gasteiger partial charge in [0, 0.05) is 78.9 Å². The minimum atomic E-state index is -4.65. The van der Waals surface area contributed by atoms with Gasteiger partial charge < -0.3 is 48.3 Å². The van der Waals surface area contributed by atoms with Gasteiger partial charge in [0.15, 0.2) is 12.4 Å². The van der Waals surface area contributed by atoms with Crippen molar-refractivity contribution in [2.45, 2.75) is 43.8 Å². The maximum absolute atomic E-state index is 14.4. The molecule has 16 nitrogen and oxygen atoms in total. The van der Waals surface area contributed by atoms with Crippen LogP contribution in [0.5, 0.6) is 0 Å². The third-order valence-corrected chi connectivity index (χ3v) is 13.1. The molecule has 0 spiro atoms. The highest BCUT2D eigenvalue weighted by Gasteiger charge is 2.38. The average Bonchev–Trinajstić information content (AvgIpc) is 3.81. The molecule has 0 radical (unpaired) electrons. The van der Waals surface area contributed by atoms with Crippen molar-refractivity contribution in [3.8, 4) is 0 Å². The van der Waals surface area contributed by atoms with E-state index < -0.39 is 69.2 Å². The van der Waals surface area contributed by atoms with Crippen LogP contribution in [-0.2, 0) is 38.6 Å². The summed E-state index contributed by atoms with van der Waals surface area (Å²) in [4.78, 5) is 47.4. The first-order valence-corrected chi connectivity index (χ1v) is 24.4. The summed E-state index contributed by atoms with van der Waals surface area (Å²) >= 11 is 0. The van der Waals surface area contributed by atoms with Crippen LogP contribution in [0.2, 0.25) is 0 Å². The minimum Gasteiger partial charge on any atom is -0.399 e. The van der Waals surface area contributed by atoms with E-state index in [9.17, 15) is 49.1 Å². The molecule has 0 saturated heterocycles. The van der Waals surface area contributed by atoms with Crippen LogP contribution >= 0.6 is 0 Å². The van der Waals surface area contributed by atoms with Crippen molar-refractivity contribution in [1.82, 2.24) is 14.7 Å². The standard InChI is InChI=1S/C50H52F6N10O6S/c51-49(52,53)34-5-1-7-38(27-34)61-40-29-65(47(68)42(40)44(59)31-9-13-36(57)14-10-31)21-3-20-64(46(67)33-17-22-63(23-18-33)19-4-26-73(70,71)72)24-25-66-30-41(62-39-8-2-6-35(28-39)50(54,55)56)43(48(66)69)45(60)32-11-15-37(58)16-12-32/h1-2,5-18,22-23,27-28,44-45H,3-4,19-21,24-26,29-30,57-60H2,(H2-,61,62,68,69,70,71,72)/p+1/t44-,45-/m1/s1. The number of nitrogens with one attached hydrogen (secondary N) is 2. The number of aromatic nitrogens is 1. The number of alkyl halides is 6. The first kappa shape index (κ1) is 53.3. The topological polar surface area (TPSA) is 247 Å². The normalized spacial score (nSPS) is 15.3. The van der Waals surface area contributed by atoms with E-state index in [2.05, 4.69) is 10.6 Å². The van der Waals surface area contributed by atoms with E-state index in [1.54, 1.807) is 65.5 Å². The molecule has 2 atom stereocenters. The molecular weight excluding hydrogens is 983 g/mol. The van der Waals surface area contributed by atoms with Crippen molar-refractivity contribution >= 4 is 50.6 Å². The molecule has 7 rings (SSSR count). The zero-order chi connectivity index (χ0) is 52.8. The number of nitrogen functional groups attached to an aromatic ring is 2. The number of rotatable bonds is 20. The fourth-order valence-corrected chi connectivity index (χ4v) is 9.01. The number of nitrogens with two attached hydrogens (primary N) is 4. The van der Waals surface area contributed by atoms with Gasteiger partial charge in [-0.25, -0.2) is 4.57 Å². The van der Waals surface area contributed by atoms with E-state index in [-0.39, 0.29) is 98.1 Å². The number of hydrogen-bond donors (Lipinski definition) is 7. The van der Waals surface area contributed by atoms with E-state index in [1.165, 1.54) is 51.1 Å². The fraction of sp³-hybridized carbons (Fsp3) is 0.280. The molecule has 23 heteroatoms. The van der Waals surface area contributed by atoms with Crippen LogP contribution in [0, 0.1) is 0 Å². The Kier molecular flexibility index (Phi) is 16.2. The molecule has 386 valence electrons. The van der Waals surface area contributed by atoms with Crippen LogP contribution in [0.1, 0.15) is 57.5 Å². The Morgan fingerprint density at radius 1 is 0.671 bits per heavy atom. The number of hydrogen-bond acceptors (Lipinski definition) is 11. The monoisotopic (exact) mass is 1040 g/mol. The molecule has 0 bridgehead atoms. The molecule has 3 amide bonds. The minimum absolute atomic E-state index is 0.00418. The number of anilines is 4. The first-order valence-electron chi connectivity index (χ1n) is 22.8. The second kappa shape index (κ2) is 22.1. The highest BCUT2D eigenvalue weighted by Crippen LogP contribution is 2.36. The van der Waals surface area contributed by atoms with Gasteiger partial charge in [0.1, 0.15) is 6.54 Å². The third-order valence-electron chi connectivity index (χ3n) is 12.3. The highest BCUT2D eigenvalue weighted by atomic mass is 32.2. The molecule has 0 fully saturated rings. The summed E-state index contributed by atoms with van der Waals surface area (Å²) in [6.07, 6.45) is -5.94. The van der Waals surface area contributed by atoms with Gasteiger partial charge in [0.05, 0.1) is 58.8 Å². The number of benzene rings is 4. The Bertz CT molecular complexity index is 3010. The van der Waals surface area contributed by atoms with Crippen molar-refractivity contribution < 1.29 is 58.3 Å². The molecule has 5 aromatic rings. The number of halogens is 6. The molecule has 73 heavy (non-hydrogen) atoms. The summed E-state index contributed by atoms with van der Waals surface area (Å²) < 4.78 is 116. The van der Waals surface area contributed by atoms with Crippen molar-refractivity contribution in [2.24, 2.45) is 11.5 Å². The summed E-state index contributed by atoms with van der Waals surface area (Å²) in [6, 6.07) is 22.8. The lowest BCUT2D eigenvalue weighted by Gasteiger charge is -2.27. The van der Waals surface area contributed by atoms with Crippen LogP contribution < -0.4 is 38.1 Å². The number of carbonyl (C=O) groups is 3. The van der Waals surface area contributed by atoms with E-state index in [0.29, 0.717) is 22.5 Å². The molecule has 0 aliphatic carbocycles. The molecule has 0 saturated carbocycles. The molecule has 1 aromatic heterocycles. The predicted molar refractivity (Wildman–Crippen MR) is 261 cm³/mol. The van der Waals surface area contributed by atoms with Gasteiger partial charge in [-0.2, -0.15) is 34.8 Å². The van der Waals surface area contributed by atoms with E-state index in [4.69, 9.17) is 27.5 Å². The summed E-state index contributed by atoms with van der Waals surface area (Å²) in [5.41, 5.74) is 26.2. The largest absolute Gasteiger partial charge is 0.416 e. The van der Waals surface area contributed by atoms with Gasteiger partial charge in [-0.05, 0) is 78.2 Å². The molecule has 2 aliphatic rings. The Morgan fingerprint density at radius 3 is 1.56 bits per heavy atom. The third kappa shape index (κ3) is 13.5. The summed E-state index contributed by atoms with van der Waals surface area (Å²) in [5.74, 6) is -2.02. The van der Waals surface area contributed by atoms with Gasteiger partial charge in [-0.1, -0.05) is 36.4 Å². The molecule has 11 N–H and O–H groups in total. The number of pyridine rings is 1. The lowest BCUT2D eigenvalue weighted by Crippen LogP contribution is -2.42. The molecule has 4 aromatic carbocycles. The van der Waals surface area contributed by atoms with E-state index in [1.807, 2.05) is 0 Å². The average molecular weight is 1040 g/mol. The fourth-order valence-electron chi connectivity index (χ4n) is 8.52. The van der Waals surface area contributed by atoms with Crippen molar-refractivity contribution in [1.29, 1.82) is 0 Å². The highest BCUT2D eigenvalue weighted by molar-refractivity contribution is 7.85. The maximum Gasteiger partial charge on any atom is 0.416 e. The van der Waals surface area contributed by atoms with Crippen LogP contribution in [0.15, 0.2) is 144 Å². The second-order valence-electron chi connectivity index (χ2n) is 17.5. The summed E-state index contributed by atoms with van der Waals surface area (Å²) in [6.45, 7) is -0.144. The van der Waals surface area contributed by atoms with E-state index >= 15 is 0 Å². The Hall–Kier alpha value is -7.47. The van der Waals surface area contributed by atoms with Gasteiger partial charge in [0.2, 0.25) is 0 Å². The lowest BCUT2D eigenvalue weighted by molar-refractivity contribution is -0.696. The van der Waals surface area contributed by atoms with Gasteiger partial charge >= 0.3 is 12.4 Å². The van der Waals surface area contributed by atoms with Gasteiger partial charge in [-0.3, -0.25) is 18.9 Å². The summed E-state index contributed by atoms with van der Waals surface area (Å²) in [5, 5.41) is 5.97. The molecular formula is C50H53F6N10O6S+. The van der Waals surface area contributed by atoms with Crippen LogP contribution in [-0.4, -0.2) is 90.4 Å². The summed E-state index contributed by atoms with van der Waals surface area (Å²) in [7, 11) is -4.20. The molecule has 3 heterocycles. The van der Waals surface area contributed by atoms with Crippen LogP contribution in [0.3, 0.4) is 0 Å². The van der Waals surface area contributed by atoms with Crippen molar-refractivity contribution in [3.63, 3.8) is 0 Å². The zero-order valence-electron chi connectivity index (χ0n) is 39.0. The number of amides is 3. The SMILES string of the molecule is Nc1ccc([C@@H](N)C2=C(Nc3cccc(C(F)(F)F)c3)CN(CCCN(CCN3CC(Nc4cccc(C(F)(F)F)c4)=C([C@H](N)c4ccc(N)cc4)C3=O)C(=O)c3cc[n+](CCCS(=O)(=O)O)cc3)C2=O)cc1. The lowest BCUT2D eigenvalue weighted by atomic mass is 9.98. The number of carbonyl (C=O) groups excluding carboxylic acids is 3. The van der Waals surface area contributed by atoms with Crippen molar-refractivity contribution in [2.75, 3.05) is 67.1 Å². The smallest absolute Gasteiger partial charge is 0.399 e. The molecule has 2 aliphatic heterocycles.